The Balaban J connectivity index is 1.72. The van der Waals surface area contributed by atoms with Gasteiger partial charge in [0.25, 0.3) is 11.8 Å². The molecule has 0 bridgehead atoms. The lowest BCUT2D eigenvalue weighted by Gasteiger charge is -2.05. The second-order valence-electron chi connectivity index (χ2n) is 5.75. The standard InChI is InChI=1S/C20H22ClN3O3/c1-2-3-12-27-18-10-4-15(5-11-18)13-23-24-19(25)14-22-20(26)16-6-8-17(21)9-7-16/h4-11,13H,2-3,12,14H2,1H3,(H,22,26)(H,24,25)/b23-13+. The molecule has 27 heavy (non-hydrogen) atoms. The van der Waals surface area contributed by atoms with Crippen molar-refractivity contribution in [3.63, 3.8) is 0 Å². The molecule has 0 saturated heterocycles. The van der Waals surface area contributed by atoms with Crippen molar-refractivity contribution in [3.8, 4) is 5.75 Å². The average Bonchev–Trinajstić information content (AvgIpc) is 2.68. The van der Waals surface area contributed by atoms with Gasteiger partial charge >= 0.3 is 0 Å². The quantitative estimate of drug-likeness (QED) is 0.393. The number of rotatable bonds is 9. The zero-order valence-corrected chi connectivity index (χ0v) is 15.8. The molecule has 6 nitrogen and oxygen atoms in total. The molecule has 0 aliphatic heterocycles. The van der Waals surface area contributed by atoms with E-state index in [2.05, 4.69) is 22.8 Å². The molecule has 2 N–H and O–H groups in total. The van der Waals surface area contributed by atoms with Crippen LogP contribution in [-0.2, 0) is 4.79 Å². The molecular weight excluding hydrogens is 366 g/mol. The van der Waals surface area contributed by atoms with Gasteiger partial charge in [-0.15, -0.1) is 0 Å². The number of benzene rings is 2. The molecular formula is C20H22ClN3O3. The van der Waals surface area contributed by atoms with Crippen LogP contribution in [0.3, 0.4) is 0 Å². The SMILES string of the molecule is CCCCOc1ccc(/C=N/NC(=O)CNC(=O)c2ccc(Cl)cc2)cc1. The molecule has 0 aliphatic carbocycles. The summed E-state index contributed by atoms with van der Waals surface area (Å²) in [7, 11) is 0. The number of amides is 2. The molecule has 2 amide bonds. The monoisotopic (exact) mass is 387 g/mol. The van der Waals surface area contributed by atoms with Gasteiger partial charge in [-0.05, 0) is 60.5 Å². The first kappa shape index (κ1) is 20.5. The maximum atomic E-state index is 11.9. The van der Waals surface area contributed by atoms with E-state index >= 15 is 0 Å². The second-order valence-corrected chi connectivity index (χ2v) is 6.19. The minimum atomic E-state index is -0.423. The van der Waals surface area contributed by atoms with Crippen LogP contribution in [0.25, 0.3) is 0 Å². The Labute approximate surface area is 163 Å². The van der Waals surface area contributed by atoms with Crippen molar-refractivity contribution >= 4 is 29.6 Å². The Hall–Kier alpha value is -2.86. The fourth-order valence-electron chi connectivity index (χ4n) is 2.07. The Morgan fingerprint density at radius 2 is 1.81 bits per heavy atom. The zero-order chi connectivity index (χ0) is 19.5. The minimum Gasteiger partial charge on any atom is -0.494 e. The Morgan fingerprint density at radius 3 is 2.48 bits per heavy atom. The first-order valence-corrected chi connectivity index (χ1v) is 9.05. The molecule has 0 aliphatic rings. The van der Waals surface area contributed by atoms with E-state index < -0.39 is 5.91 Å². The van der Waals surface area contributed by atoms with Crippen molar-refractivity contribution in [1.29, 1.82) is 0 Å². The second kappa shape index (κ2) is 11.0. The van der Waals surface area contributed by atoms with Crippen LogP contribution in [0, 0.1) is 0 Å². The van der Waals surface area contributed by atoms with Crippen LogP contribution in [0.4, 0.5) is 0 Å². The smallest absolute Gasteiger partial charge is 0.259 e. The van der Waals surface area contributed by atoms with Gasteiger partial charge in [0.1, 0.15) is 5.75 Å². The lowest BCUT2D eigenvalue weighted by Crippen LogP contribution is -2.34. The predicted octanol–water partition coefficient (Wildman–Crippen LogP) is 3.40. The highest BCUT2D eigenvalue weighted by atomic mass is 35.5. The minimum absolute atomic E-state index is 0.178. The summed E-state index contributed by atoms with van der Waals surface area (Å²) in [5, 5.41) is 6.93. The molecule has 0 aromatic heterocycles. The van der Waals surface area contributed by atoms with Gasteiger partial charge in [-0.3, -0.25) is 9.59 Å². The number of carbonyl (C=O) groups excluding carboxylic acids is 2. The lowest BCUT2D eigenvalue weighted by molar-refractivity contribution is -0.120. The summed E-state index contributed by atoms with van der Waals surface area (Å²) in [6.45, 7) is 2.63. The van der Waals surface area contributed by atoms with Crippen LogP contribution in [0.2, 0.25) is 5.02 Å². The number of ether oxygens (including phenoxy) is 1. The lowest BCUT2D eigenvalue weighted by atomic mass is 10.2. The Kier molecular flexibility index (Phi) is 8.32. The van der Waals surface area contributed by atoms with Gasteiger partial charge in [0.15, 0.2) is 0 Å². The van der Waals surface area contributed by atoms with Gasteiger partial charge in [-0.2, -0.15) is 5.10 Å². The molecule has 2 aromatic carbocycles. The number of hydrazone groups is 1. The normalized spacial score (nSPS) is 10.6. The average molecular weight is 388 g/mol. The van der Waals surface area contributed by atoms with Crippen LogP contribution in [0.15, 0.2) is 53.6 Å². The molecule has 0 atom stereocenters. The molecule has 2 rings (SSSR count). The molecule has 142 valence electrons. The molecule has 0 unspecified atom stereocenters. The van der Waals surface area contributed by atoms with E-state index in [9.17, 15) is 9.59 Å². The van der Waals surface area contributed by atoms with E-state index in [1.807, 2.05) is 24.3 Å². The molecule has 2 aromatic rings. The highest BCUT2D eigenvalue weighted by Crippen LogP contribution is 2.11. The van der Waals surface area contributed by atoms with Gasteiger partial charge in [0.2, 0.25) is 0 Å². The summed E-state index contributed by atoms with van der Waals surface area (Å²) in [4.78, 5) is 23.6. The fraction of sp³-hybridized carbons (Fsp3) is 0.250. The molecule has 0 radical (unpaired) electrons. The fourth-order valence-corrected chi connectivity index (χ4v) is 2.19. The Morgan fingerprint density at radius 1 is 1.11 bits per heavy atom. The van der Waals surface area contributed by atoms with Gasteiger partial charge in [-0.25, -0.2) is 5.43 Å². The molecule has 0 fully saturated rings. The number of nitrogens with one attached hydrogen (secondary N) is 2. The van der Waals surface area contributed by atoms with Crippen molar-refractivity contribution in [1.82, 2.24) is 10.7 Å². The highest BCUT2D eigenvalue weighted by Gasteiger charge is 2.07. The van der Waals surface area contributed by atoms with E-state index in [1.165, 1.54) is 6.21 Å². The van der Waals surface area contributed by atoms with Crippen LogP contribution >= 0.6 is 11.6 Å². The van der Waals surface area contributed by atoms with Crippen molar-refractivity contribution in [2.45, 2.75) is 19.8 Å². The number of halogens is 1. The summed E-state index contributed by atoms with van der Waals surface area (Å²) in [5.74, 6) is 0.0205. The summed E-state index contributed by atoms with van der Waals surface area (Å²) in [6.07, 6.45) is 3.63. The summed E-state index contributed by atoms with van der Waals surface area (Å²) in [6, 6.07) is 13.8. The number of unbranched alkanes of at least 4 members (excludes halogenated alkanes) is 1. The highest BCUT2D eigenvalue weighted by molar-refractivity contribution is 6.30. The van der Waals surface area contributed by atoms with E-state index in [-0.39, 0.29) is 12.5 Å². The van der Waals surface area contributed by atoms with E-state index in [0.717, 1.165) is 24.2 Å². The van der Waals surface area contributed by atoms with Crippen LogP contribution in [0.5, 0.6) is 5.75 Å². The predicted molar refractivity (Wildman–Crippen MR) is 106 cm³/mol. The third kappa shape index (κ3) is 7.50. The molecule has 0 heterocycles. The van der Waals surface area contributed by atoms with Gasteiger partial charge in [0.05, 0.1) is 19.4 Å². The number of hydrogen-bond acceptors (Lipinski definition) is 4. The van der Waals surface area contributed by atoms with Crippen molar-refractivity contribution < 1.29 is 14.3 Å². The molecule has 0 saturated carbocycles. The van der Waals surface area contributed by atoms with E-state index in [1.54, 1.807) is 24.3 Å². The molecule has 0 spiro atoms. The maximum Gasteiger partial charge on any atom is 0.259 e. The summed E-state index contributed by atoms with van der Waals surface area (Å²) >= 11 is 5.77. The number of nitrogens with zero attached hydrogens (tertiary/aromatic N) is 1. The van der Waals surface area contributed by atoms with Crippen LogP contribution < -0.4 is 15.5 Å². The third-order valence-electron chi connectivity index (χ3n) is 3.57. The van der Waals surface area contributed by atoms with E-state index in [4.69, 9.17) is 16.3 Å². The van der Waals surface area contributed by atoms with Crippen molar-refractivity contribution in [3.05, 3.63) is 64.7 Å². The topological polar surface area (TPSA) is 79.8 Å². The largest absolute Gasteiger partial charge is 0.494 e. The number of hydrogen-bond donors (Lipinski definition) is 2. The summed E-state index contributed by atoms with van der Waals surface area (Å²) in [5.41, 5.74) is 3.62. The van der Waals surface area contributed by atoms with E-state index in [0.29, 0.717) is 17.2 Å². The molecule has 7 heteroatoms. The van der Waals surface area contributed by atoms with Crippen molar-refractivity contribution in [2.24, 2.45) is 5.10 Å². The zero-order valence-electron chi connectivity index (χ0n) is 15.1. The van der Waals surface area contributed by atoms with Gasteiger partial charge in [-0.1, -0.05) is 24.9 Å². The van der Waals surface area contributed by atoms with Gasteiger partial charge < -0.3 is 10.1 Å². The number of carbonyl (C=O) groups is 2. The van der Waals surface area contributed by atoms with Gasteiger partial charge in [0, 0.05) is 10.6 Å². The maximum absolute atomic E-state index is 11.9. The summed E-state index contributed by atoms with van der Waals surface area (Å²) < 4.78 is 5.58. The van der Waals surface area contributed by atoms with Crippen molar-refractivity contribution in [2.75, 3.05) is 13.2 Å². The first-order chi connectivity index (χ1) is 13.1. The van der Waals surface area contributed by atoms with Crippen LogP contribution in [-0.4, -0.2) is 31.2 Å². The van der Waals surface area contributed by atoms with Crippen LogP contribution in [0.1, 0.15) is 35.7 Å². The third-order valence-corrected chi connectivity index (χ3v) is 3.82. The Bertz CT molecular complexity index is 774. The first-order valence-electron chi connectivity index (χ1n) is 8.67.